The molecule has 25 heavy (non-hydrogen) atoms. The number of rotatable bonds is 5. The second-order valence-corrected chi connectivity index (χ2v) is 7.29. The predicted molar refractivity (Wildman–Crippen MR) is 93.8 cm³/mol. The lowest BCUT2D eigenvalue weighted by Crippen LogP contribution is -2.14. The van der Waals surface area contributed by atoms with Gasteiger partial charge < -0.3 is 14.8 Å². The van der Waals surface area contributed by atoms with Crippen LogP contribution < -0.4 is 19.5 Å². The quantitative estimate of drug-likeness (QED) is 0.853. The summed E-state index contributed by atoms with van der Waals surface area (Å²) in [4.78, 5) is 11.7. The minimum atomic E-state index is -3.87. The van der Waals surface area contributed by atoms with Crippen LogP contribution in [0.4, 0.5) is 11.4 Å². The zero-order valence-electron chi connectivity index (χ0n) is 14.0. The Bertz CT molecular complexity index is 940. The van der Waals surface area contributed by atoms with E-state index in [1.165, 1.54) is 26.4 Å². The fourth-order valence-corrected chi connectivity index (χ4v) is 3.89. The highest BCUT2D eigenvalue weighted by molar-refractivity contribution is 7.92. The molecule has 0 saturated carbocycles. The third-order valence-electron chi connectivity index (χ3n) is 4.08. The number of methoxy groups -OCH3 is 2. The van der Waals surface area contributed by atoms with Crippen LogP contribution in [0.25, 0.3) is 0 Å². The maximum Gasteiger partial charge on any atom is 0.265 e. The molecule has 0 bridgehead atoms. The van der Waals surface area contributed by atoms with Crippen LogP contribution in [0.5, 0.6) is 11.5 Å². The van der Waals surface area contributed by atoms with Gasteiger partial charge in [0.05, 0.1) is 20.1 Å². The monoisotopic (exact) mass is 362 g/mol. The molecule has 2 N–H and O–H groups in total. The lowest BCUT2D eigenvalue weighted by molar-refractivity contribution is -0.116. The molecule has 1 heterocycles. The van der Waals surface area contributed by atoms with E-state index in [4.69, 9.17) is 9.47 Å². The molecule has 132 valence electrons. The zero-order chi connectivity index (χ0) is 18.2. The number of benzene rings is 2. The maximum atomic E-state index is 12.7. The largest absolute Gasteiger partial charge is 0.497 e. The highest BCUT2D eigenvalue weighted by Gasteiger charge is 2.27. The first-order valence-corrected chi connectivity index (χ1v) is 9.03. The Morgan fingerprint density at radius 3 is 2.52 bits per heavy atom. The fraction of sp³-hybridized carbons (Fsp3) is 0.235. The SMILES string of the molecule is COc1ccc(S(=O)(=O)Nc2ccc3c(c2)C(C)C(=O)N3)c(OC)c1. The molecule has 1 amide bonds. The Balaban J connectivity index is 1.94. The van der Waals surface area contributed by atoms with E-state index < -0.39 is 10.0 Å². The summed E-state index contributed by atoms with van der Waals surface area (Å²) in [6, 6.07) is 9.41. The van der Waals surface area contributed by atoms with Crippen molar-refractivity contribution in [1.29, 1.82) is 0 Å². The Morgan fingerprint density at radius 1 is 1.08 bits per heavy atom. The molecule has 3 rings (SSSR count). The third-order valence-corrected chi connectivity index (χ3v) is 5.50. The van der Waals surface area contributed by atoms with Gasteiger partial charge in [-0.3, -0.25) is 9.52 Å². The van der Waals surface area contributed by atoms with Crippen molar-refractivity contribution in [2.75, 3.05) is 24.3 Å². The van der Waals surface area contributed by atoms with E-state index in [1.54, 1.807) is 31.2 Å². The molecule has 1 atom stereocenters. The summed E-state index contributed by atoms with van der Waals surface area (Å²) < 4.78 is 38.2. The summed E-state index contributed by atoms with van der Waals surface area (Å²) in [6.07, 6.45) is 0. The summed E-state index contributed by atoms with van der Waals surface area (Å²) in [5.41, 5.74) is 1.83. The van der Waals surface area contributed by atoms with Crippen LogP contribution in [0.3, 0.4) is 0 Å². The van der Waals surface area contributed by atoms with E-state index in [0.29, 0.717) is 17.1 Å². The minimum Gasteiger partial charge on any atom is -0.497 e. The van der Waals surface area contributed by atoms with Crippen molar-refractivity contribution in [1.82, 2.24) is 0 Å². The van der Waals surface area contributed by atoms with Gasteiger partial charge in [-0.05, 0) is 42.8 Å². The second-order valence-electron chi connectivity index (χ2n) is 5.64. The molecule has 8 heteroatoms. The number of fused-ring (bicyclic) bond motifs is 1. The Labute approximate surface area is 146 Å². The van der Waals surface area contributed by atoms with Crippen molar-refractivity contribution in [2.24, 2.45) is 0 Å². The smallest absolute Gasteiger partial charge is 0.265 e. The third kappa shape index (κ3) is 3.12. The van der Waals surface area contributed by atoms with Gasteiger partial charge in [0.25, 0.3) is 10.0 Å². The van der Waals surface area contributed by atoms with Gasteiger partial charge in [-0.25, -0.2) is 8.42 Å². The number of hydrogen-bond donors (Lipinski definition) is 2. The molecule has 2 aromatic rings. The molecule has 7 nitrogen and oxygen atoms in total. The normalized spacial score (nSPS) is 16.1. The molecule has 1 unspecified atom stereocenters. The number of anilines is 2. The molecule has 0 radical (unpaired) electrons. The molecular weight excluding hydrogens is 344 g/mol. The molecule has 0 spiro atoms. The van der Waals surface area contributed by atoms with Crippen molar-refractivity contribution in [2.45, 2.75) is 17.7 Å². The maximum absolute atomic E-state index is 12.7. The van der Waals surface area contributed by atoms with Gasteiger partial charge >= 0.3 is 0 Å². The molecule has 2 aromatic carbocycles. The number of sulfonamides is 1. The number of carbonyl (C=O) groups is 1. The molecule has 0 aliphatic carbocycles. The van der Waals surface area contributed by atoms with Gasteiger partial charge in [-0.15, -0.1) is 0 Å². The van der Waals surface area contributed by atoms with E-state index in [2.05, 4.69) is 10.0 Å². The predicted octanol–water partition coefficient (Wildman–Crippen LogP) is 2.56. The Morgan fingerprint density at radius 2 is 1.84 bits per heavy atom. The topological polar surface area (TPSA) is 93.7 Å². The van der Waals surface area contributed by atoms with E-state index >= 15 is 0 Å². The van der Waals surface area contributed by atoms with Crippen molar-refractivity contribution in [3.8, 4) is 11.5 Å². The summed E-state index contributed by atoms with van der Waals surface area (Å²) >= 11 is 0. The summed E-state index contributed by atoms with van der Waals surface area (Å²) in [5.74, 6) is 0.242. The number of ether oxygens (including phenoxy) is 2. The lowest BCUT2D eigenvalue weighted by atomic mass is 10.0. The van der Waals surface area contributed by atoms with Gasteiger partial charge in [0, 0.05) is 17.4 Å². The molecular formula is C17H18N2O5S. The van der Waals surface area contributed by atoms with Gasteiger partial charge in [-0.1, -0.05) is 0 Å². The first-order valence-electron chi connectivity index (χ1n) is 7.55. The first-order chi connectivity index (χ1) is 11.9. The van der Waals surface area contributed by atoms with E-state index in [0.717, 1.165) is 5.56 Å². The number of hydrogen-bond acceptors (Lipinski definition) is 5. The fourth-order valence-electron chi connectivity index (χ4n) is 2.69. The summed E-state index contributed by atoms with van der Waals surface area (Å²) in [6.45, 7) is 1.77. The van der Waals surface area contributed by atoms with Gasteiger partial charge in [0.1, 0.15) is 16.4 Å². The first kappa shape index (κ1) is 17.1. The molecule has 0 saturated heterocycles. The molecule has 1 aliphatic rings. The van der Waals surface area contributed by atoms with Crippen LogP contribution in [0.2, 0.25) is 0 Å². The number of nitrogens with one attached hydrogen (secondary N) is 2. The van der Waals surface area contributed by atoms with Gasteiger partial charge in [-0.2, -0.15) is 0 Å². The van der Waals surface area contributed by atoms with Gasteiger partial charge in [0.2, 0.25) is 5.91 Å². The van der Waals surface area contributed by atoms with Crippen LogP contribution in [0.1, 0.15) is 18.4 Å². The van der Waals surface area contributed by atoms with E-state index in [1.807, 2.05) is 0 Å². The van der Waals surface area contributed by atoms with Crippen LogP contribution in [-0.4, -0.2) is 28.5 Å². The van der Waals surface area contributed by atoms with Crippen molar-refractivity contribution < 1.29 is 22.7 Å². The molecule has 1 aliphatic heterocycles. The van der Waals surface area contributed by atoms with Crippen molar-refractivity contribution >= 4 is 27.3 Å². The molecule has 0 fully saturated rings. The van der Waals surface area contributed by atoms with E-state index in [9.17, 15) is 13.2 Å². The minimum absolute atomic E-state index is 0.00134. The van der Waals surface area contributed by atoms with Crippen LogP contribution in [0, 0.1) is 0 Å². The van der Waals surface area contributed by atoms with Crippen LogP contribution in [-0.2, 0) is 14.8 Å². The van der Waals surface area contributed by atoms with Gasteiger partial charge in [0.15, 0.2) is 0 Å². The second kappa shape index (κ2) is 6.29. The van der Waals surface area contributed by atoms with Crippen LogP contribution in [0.15, 0.2) is 41.3 Å². The number of carbonyl (C=O) groups excluding carboxylic acids is 1. The standard InChI is InChI=1S/C17H18N2O5S/c1-10-13-8-11(4-6-14(13)18-17(10)20)19-25(21,22)16-7-5-12(23-2)9-15(16)24-3/h4-10,19H,1-3H3,(H,18,20). The van der Waals surface area contributed by atoms with Crippen LogP contribution >= 0.6 is 0 Å². The summed E-state index contributed by atoms with van der Waals surface area (Å²) in [5, 5.41) is 2.75. The Hall–Kier alpha value is -2.74. The number of amides is 1. The van der Waals surface area contributed by atoms with Crippen molar-refractivity contribution in [3.63, 3.8) is 0 Å². The van der Waals surface area contributed by atoms with E-state index in [-0.39, 0.29) is 22.5 Å². The lowest BCUT2D eigenvalue weighted by Gasteiger charge is -2.13. The Kier molecular flexibility index (Phi) is 4.30. The highest BCUT2D eigenvalue weighted by Crippen LogP contribution is 2.35. The summed E-state index contributed by atoms with van der Waals surface area (Å²) in [7, 11) is -0.986. The van der Waals surface area contributed by atoms with Crippen molar-refractivity contribution in [3.05, 3.63) is 42.0 Å². The average molecular weight is 362 g/mol. The average Bonchev–Trinajstić information content (AvgIpc) is 2.88. The molecule has 0 aromatic heterocycles. The highest BCUT2D eigenvalue weighted by atomic mass is 32.2. The zero-order valence-corrected chi connectivity index (χ0v) is 14.8.